The Morgan fingerprint density at radius 2 is 1.71 bits per heavy atom. The molecule has 0 N–H and O–H groups in total. The minimum absolute atomic E-state index is 0.176. The largest absolute Gasteiger partial charge is 0.275 e. The van der Waals surface area contributed by atoms with Gasteiger partial charge >= 0.3 is 0 Å². The molecule has 1 heterocycles. The van der Waals surface area contributed by atoms with Crippen LogP contribution in [0.5, 0.6) is 0 Å². The Bertz CT molecular complexity index is 323. The maximum atomic E-state index is 11.5. The fourth-order valence-corrected chi connectivity index (χ4v) is 1.36. The lowest BCUT2D eigenvalue weighted by molar-refractivity contribution is -0.137. The molecule has 0 radical (unpaired) electrons. The zero-order valence-corrected chi connectivity index (χ0v) is 8.46. The van der Waals surface area contributed by atoms with Crippen LogP contribution in [-0.4, -0.2) is 23.3 Å². The Hall–Kier alpha value is -1.56. The number of imide groups is 1. The first-order valence-electron chi connectivity index (χ1n) is 4.56. The van der Waals surface area contributed by atoms with Gasteiger partial charge in [0.25, 0.3) is 11.8 Å². The maximum Gasteiger partial charge on any atom is 0.256 e. The number of nitrogens with zero attached hydrogens (tertiary/aromatic N) is 1. The molecule has 74 valence electrons. The van der Waals surface area contributed by atoms with Crippen molar-refractivity contribution in [1.82, 2.24) is 4.90 Å². The fourth-order valence-electron chi connectivity index (χ4n) is 1.36. The van der Waals surface area contributed by atoms with Gasteiger partial charge in [0.1, 0.15) is 0 Å². The zero-order chi connectivity index (χ0) is 10.7. The fraction of sp³-hybridized carbons (Fsp3) is 0.455. The van der Waals surface area contributed by atoms with E-state index in [0.717, 1.165) is 0 Å². The molecular weight excluding hydrogens is 178 g/mol. The van der Waals surface area contributed by atoms with Crippen molar-refractivity contribution in [1.29, 1.82) is 0 Å². The number of terminal acetylenes is 1. The third-order valence-electron chi connectivity index (χ3n) is 2.40. The van der Waals surface area contributed by atoms with E-state index in [9.17, 15) is 9.59 Å². The summed E-state index contributed by atoms with van der Waals surface area (Å²) in [7, 11) is 0. The lowest BCUT2D eigenvalue weighted by Gasteiger charge is -2.13. The van der Waals surface area contributed by atoms with E-state index in [4.69, 9.17) is 6.42 Å². The molecule has 0 unspecified atom stereocenters. The van der Waals surface area contributed by atoms with Gasteiger partial charge in [0, 0.05) is 24.1 Å². The Labute approximate surface area is 83.8 Å². The summed E-state index contributed by atoms with van der Waals surface area (Å²) in [6.07, 6.45) is 6.36. The van der Waals surface area contributed by atoms with Gasteiger partial charge in [0.05, 0.1) is 0 Å². The van der Waals surface area contributed by atoms with E-state index in [2.05, 4.69) is 5.92 Å². The van der Waals surface area contributed by atoms with Crippen molar-refractivity contribution < 1.29 is 9.59 Å². The SMILES string of the molecule is C#CCCCN1C(=O)C(C)=C(C)C1=O. The van der Waals surface area contributed by atoms with Gasteiger partial charge in [0.2, 0.25) is 0 Å². The highest BCUT2D eigenvalue weighted by molar-refractivity contribution is 6.18. The van der Waals surface area contributed by atoms with Gasteiger partial charge < -0.3 is 0 Å². The number of unbranched alkanes of at least 4 members (excludes halogenated alkanes) is 1. The molecule has 0 spiro atoms. The number of hydrogen-bond acceptors (Lipinski definition) is 2. The number of rotatable bonds is 3. The molecule has 1 rings (SSSR count). The van der Waals surface area contributed by atoms with Crippen LogP contribution >= 0.6 is 0 Å². The molecule has 1 aliphatic heterocycles. The molecular formula is C11H13NO2. The molecule has 0 saturated carbocycles. The van der Waals surface area contributed by atoms with E-state index in [0.29, 0.717) is 30.5 Å². The molecule has 0 aromatic heterocycles. The number of carbonyl (C=O) groups is 2. The Morgan fingerprint density at radius 1 is 1.21 bits per heavy atom. The quantitative estimate of drug-likeness (QED) is 0.380. The second-order valence-electron chi connectivity index (χ2n) is 3.32. The minimum Gasteiger partial charge on any atom is -0.275 e. The molecule has 0 bridgehead atoms. The van der Waals surface area contributed by atoms with Crippen LogP contribution in [0, 0.1) is 12.3 Å². The van der Waals surface area contributed by atoms with E-state index in [1.54, 1.807) is 13.8 Å². The third kappa shape index (κ3) is 1.69. The Kier molecular flexibility index (Phi) is 3.08. The lowest BCUT2D eigenvalue weighted by Crippen LogP contribution is -2.32. The summed E-state index contributed by atoms with van der Waals surface area (Å²) < 4.78 is 0. The van der Waals surface area contributed by atoms with Crippen LogP contribution in [-0.2, 0) is 9.59 Å². The van der Waals surface area contributed by atoms with Crippen molar-refractivity contribution in [3.8, 4) is 12.3 Å². The van der Waals surface area contributed by atoms with Gasteiger partial charge in [-0.3, -0.25) is 14.5 Å². The smallest absolute Gasteiger partial charge is 0.256 e. The highest BCUT2D eigenvalue weighted by atomic mass is 16.2. The highest BCUT2D eigenvalue weighted by Gasteiger charge is 2.32. The van der Waals surface area contributed by atoms with Crippen molar-refractivity contribution in [3.05, 3.63) is 11.1 Å². The van der Waals surface area contributed by atoms with E-state index >= 15 is 0 Å². The molecule has 0 aromatic rings. The normalized spacial score (nSPS) is 16.5. The van der Waals surface area contributed by atoms with Crippen molar-refractivity contribution in [2.24, 2.45) is 0 Å². The second kappa shape index (κ2) is 4.10. The summed E-state index contributed by atoms with van der Waals surface area (Å²) in [5.41, 5.74) is 1.10. The van der Waals surface area contributed by atoms with E-state index in [1.807, 2.05) is 0 Å². The van der Waals surface area contributed by atoms with Crippen LogP contribution in [0.2, 0.25) is 0 Å². The van der Waals surface area contributed by atoms with Gasteiger partial charge in [-0.2, -0.15) is 0 Å². The lowest BCUT2D eigenvalue weighted by atomic mass is 10.2. The molecule has 0 aromatic carbocycles. The van der Waals surface area contributed by atoms with E-state index in [1.165, 1.54) is 4.90 Å². The van der Waals surface area contributed by atoms with Crippen molar-refractivity contribution in [2.45, 2.75) is 26.7 Å². The summed E-state index contributed by atoms with van der Waals surface area (Å²) >= 11 is 0. The standard InChI is InChI=1S/C11H13NO2/c1-4-5-6-7-12-10(13)8(2)9(3)11(12)14/h1H,5-7H2,2-3H3. The van der Waals surface area contributed by atoms with Gasteiger partial charge in [-0.25, -0.2) is 0 Å². The molecule has 1 aliphatic rings. The topological polar surface area (TPSA) is 37.4 Å². The number of carbonyl (C=O) groups excluding carboxylic acids is 2. The first-order valence-corrected chi connectivity index (χ1v) is 4.56. The molecule has 14 heavy (non-hydrogen) atoms. The van der Waals surface area contributed by atoms with Crippen molar-refractivity contribution in [2.75, 3.05) is 6.54 Å². The van der Waals surface area contributed by atoms with Gasteiger partial charge in [0.15, 0.2) is 0 Å². The van der Waals surface area contributed by atoms with E-state index < -0.39 is 0 Å². The number of hydrogen-bond donors (Lipinski definition) is 0. The molecule has 0 atom stereocenters. The molecule has 0 aliphatic carbocycles. The maximum absolute atomic E-state index is 11.5. The van der Waals surface area contributed by atoms with Crippen LogP contribution in [0.1, 0.15) is 26.7 Å². The summed E-state index contributed by atoms with van der Waals surface area (Å²) in [6, 6.07) is 0. The molecule has 0 saturated heterocycles. The van der Waals surface area contributed by atoms with Crippen LogP contribution < -0.4 is 0 Å². The third-order valence-corrected chi connectivity index (χ3v) is 2.40. The van der Waals surface area contributed by atoms with Crippen LogP contribution in [0.25, 0.3) is 0 Å². The molecule has 0 fully saturated rings. The Balaban J connectivity index is 2.64. The molecule has 2 amide bonds. The zero-order valence-electron chi connectivity index (χ0n) is 8.46. The minimum atomic E-state index is -0.176. The van der Waals surface area contributed by atoms with Crippen LogP contribution in [0.15, 0.2) is 11.1 Å². The number of amides is 2. The Morgan fingerprint density at radius 3 is 2.14 bits per heavy atom. The van der Waals surface area contributed by atoms with Crippen LogP contribution in [0.4, 0.5) is 0 Å². The van der Waals surface area contributed by atoms with Crippen molar-refractivity contribution >= 4 is 11.8 Å². The summed E-state index contributed by atoms with van der Waals surface area (Å²) in [4.78, 5) is 24.3. The van der Waals surface area contributed by atoms with Crippen LogP contribution in [0.3, 0.4) is 0 Å². The summed E-state index contributed by atoms with van der Waals surface area (Å²) in [6.45, 7) is 3.78. The van der Waals surface area contributed by atoms with Gasteiger partial charge in [-0.15, -0.1) is 12.3 Å². The predicted molar refractivity (Wildman–Crippen MR) is 53.2 cm³/mol. The summed E-state index contributed by atoms with van der Waals surface area (Å²) in [5, 5.41) is 0. The highest BCUT2D eigenvalue weighted by Crippen LogP contribution is 2.19. The average Bonchev–Trinajstić information content (AvgIpc) is 2.35. The van der Waals surface area contributed by atoms with Gasteiger partial charge in [-0.1, -0.05) is 0 Å². The van der Waals surface area contributed by atoms with Crippen molar-refractivity contribution in [3.63, 3.8) is 0 Å². The molecule has 3 nitrogen and oxygen atoms in total. The average molecular weight is 191 g/mol. The first kappa shape index (κ1) is 10.5. The molecule has 3 heteroatoms. The predicted octanol–water partition coefficient (Wildman–Crippen LogP) is 1.10. The second-order valence-corrected chi connectivity index (χ2v) is 3.32. The van der Waals surface area contributed by atoms with E-state index in [-0.39, 0.29) is 11.8 Å². The first-order chi connectivity index (χ1) is 6.59. The van der Waals surface area contributed by atoms with Gasteiger partial charge in [-0.05, 0) is 20.3 Å². The monoisotopic (exact) mass is 191 g/mol. The summed E-state index contributed by atoms with van der Waals surface area (Å²) in [5.74, 6) is 2.13.